The summed E-state index contributed by atoms with van der Waals surface area (Å²) in [5.74, 6) is -0.662. The maximum atomic E-state index is 11.5. The Kier molecular flexibility index (Phi) is 2.66. The topological polar surface area (TPSA) is 66.4 Å². The summed E-state index contributed by atoms with van der Waals surface area (Å²) in [6.45, 7) is 1.54. The number of nitrogens with one attached hydrogen (secondary N) is 1. The predicted molar refractivity (Wildman–Crippen MR) is 71.5 cm³/mol. The Morgan fingerprint density at radius 2 is 2.16 bits per heavy atom. The van der Waals surface area contributed by atoms with Crippen LogP contribution in [0, 0.1) is 5.92 Å². The molecule has 0 bridgehead atoms. The van der Waals surface area contributed by atoms with Crippen LogP contribution < -0.4 is 5.32 Å². The normalized spacial score (nSPS) is 27.3. The van der Waals surface area contributed by atoms with Crippen LogP contribution in [0.1, 0.15) is 35.2 Å². The average Bonchev–Trinajstić information content (AvgIpc) is 2.86. The van der Waals surface area contributed by atoms with E-state index in [1.54, 1.807) is 13.0 Å². The van der Waals surface area contributed by atoms with Gasteiger partial charge in [0, 0.05) is 23.1 Å². The highest BCUT2D eigenvalue weighted by atomic mass is 16.4. The molecule has 0 unspecified atom stereocenters. The number of carboxylic acids is 1. The molecule has 1 aromatic rings. The van der Waals surface area contributed by atoms with E-state index in [2.05, 4.69) is 11.4 Å². The number of aliphatic carboxylic acids is 1. The lowest BCUT2D eigenvalue weighted by Gasteiger charge is -2.34. The number of hydrogen-bond donors (Lipinski definition) is 2. The van der Waals surface area contributed by atoms with Gasteiger partial charge in [-0.25, -0.2) is 4.79 Å². The molecule has 0 spiro atoms. The Morgan fingerprint density at radius 1 is 1.37 bits per heavy atom. The van der Waals surface area contributed by atoms with E-state index in [0.29, 0.717) is 5.56 Å². The van der Waals surface area contributed by atoms with Gasteiger partial charge in [-0.1, -0.05) is 12.2 Å². The fourth-order valence-electron chi connectivity index (χ4n) is 3.06. The number of ketones is 1. The zero-order chi connectivity index (χ0) is 13.6. The van der Waals surface area contributed by atoms with Crippen molar-refractivity contribution in [3.05, 3.63) is 41.5 Å². The molecule has 1 aliphatic heterocycles. The molecule has 1 heterocycles. The summed E-state index contributed by atoms with van der Waals surface area (Å²) in [5.41, 5.74) is 2.53. The second-order valence-electron chi connectivity index (χ2n) is 5.17. The van der Waals surface area contributed by atoms with Crippen molar-refractivity contribution < 1.29 is 14.7 Å². The molecule has 0 amide bonds. The van der Waals surface area contributed by atoms with Gasteiger partial charge in [0.25, 0.3) is 0 Å². The van der Waals surface area contributed by atoms with Crippen LogP contribution in [0.25, 0.3) is 0 Å². The molecular formula is C15H15NO3. The number of carboxylic acid groups (broad SMARTS) is 1. The monoisotopic (exact) mass is 257 g/mol. The van der Waals surface area contributed by atoms with Crippen LogP contribution in [0.5, 0.6) is 0 Å². The molecule has 2 N–H and O–H groups in total. The fraction of sp³-hybridized carbons (Fsp3) is 0.333. The molecule has 3 atom stereocenters. The molecule has 0 saturated carbocycles. The molecular weight excluding hydrogens is 242 g/mol. The van der Waals surface area contributed by atoms with Gasteiger partial charge in [-0.15, -0.1) is 0 Å². The first-order valence-electron chi connectivity index (χ1n) is 6.39. The Hall–Kier alpha value is -2.10. The zero-order valence-electron chi connectivity index (χ0n) is 10.6. The number of Topliss-reactive ketones (excluding diaryl/α,β-unsaturated/α-hetero) is 1. The summed E-state index contributed by atoms with van der Waals surface area (Å²) >= 11 is 0. The van der Waals surface area contributed by atoms with Gasteiger partial charge in [0.2, 0.25) is 0 Å². The maximum absolute atomic E-state index is 11.5. The number of anilines is 1. The van der Waals surface area contributed by atoms with Crippen LogP contribution in [-0.2, 0) is 4.79 Å². The standard InChI is InChI=1S/C15H15NO3/c1-8(17)9-5-6-13-12(7-9)10-3-2-4-11(10)14(16-13)15(18)19/h2-3,5-7,10-11,14,16H,4H2,1H3,(H,18,19)/t10-,11-,14-/m1/s1. The minimum absolute atomic E-state index is 0.0293. The van der Waals surface area contributed by atoms with Crippen molar-refractivity contribution in [2.75, 3.05) is 5.32 Å². The summed E-state index contributed by atoms with van der Waals surface area (Å²) in [6, 6.07) is 4.88. The quantitative estimate of drug-likeness (QED) is 0.630. The minimum atomic E-state index is -0.819. The van der Waals surface area contributed by atoms with Crippen molar-refractivity contribution in [3.63, 3.8) is 0 Å². The molecule has 3 rings (SSSR count). The van der Waals surface area contributed by atoms with E-state index < -0.39 is 12.0 Å². The molecule has 4 nitrogen and oxygen atoms in total. The van der Waals surface area contributed by atoms with Gasteiger partial charge in [-0.2, -0.15) is 0 Å². The lowest BCUT2D eigenvalue weighted by Crippen LogP contribution is -2.41. The molecule has 19 heavy (non-hydrogen) atoms. The maximum Gasteiger partial charge on any atom is 0.326 e. The number of benzene rings is 1. The number of fused-ring (bicyclic) bond motifs is 3. The SMILES string of the molecule is CC(=O)c1ccc2c(c1)[C@@H]1C=CC[C@H]1[C@H](C(=O)O)N2. The third-order valence-corrected chi connectivity index (χ3v) is 4.04. The zero-order valence-corrected chi connectivity index (χ0v) is 10.6. The van der Waals surface area contributed by atoms with Crippen LogP contribution in [0.15, 0.2) is 30.4 Å². The summed E-state index contributed by atoms with van der Waals surface area (Å²) in [4.78, 5) is 22.8. The minimum Gasteiger partial charge on any atom is -0.480 e. The van der Waals surface area contributed by atoms with E-state index in [9.17, 15) is 14.7 Å². The molecule has 0 fully saturated rings. The van der Waals surface area contributed by atoms with Gasteiger partial charge in [-0.05, 0) is 37.1 Å². The van der Waals surface area contributed by atoms with Crippen molar-refractivity contribution in [2.45, 2.75) is 25.3 Å². The number of carbonyl (C=O) groups excluding carboxylic acids is 1. The largest absolute Gasteiger partial charge is 0.480 e. The van der Waals surface area contributed by atoms with E-state index >= 15 is 0 Å². The van der Waals surface area contributed by atoms with Crippen LogP contribution in [0.3, 0.4) is 0 Å². The fourth-order valence-corrected chi connectivity index (χ4v) is 3.06. The van der Waals surface area contributed by atoms with Crippen molar-refractivity contribution in [1.82, 2.24) is 0 Å². The van der Waals surface area contributed by atoms with Crippen LogP contribution in [-0.4, -0.2) is 22.9 Å². The van der Waals surface area contributed by atoms with Crippen molar-refractivity contribution in [3.8, 4) is 0 Å². The smallest absolute Gasteiger partial charge is 0.326 e. The third-order valence-electron chi connectivity index (χ3n) is 4.04. The summed E-state index contributed by atoms with van der Waals surface area (Å²) in [5, 5.41) is 12.4. The van der Waals surface area contributed by atoms with Gasteiger partial charge in [0.15, 0.2) is 5.78 Å². The van der Waals surface area contributed by atoms with E-state index in [-0.39, 0.29) is 17.6 Å². The Balaban J connectivity index is 2.08. The highest BCUT2D eigenvalue weighted by molar-refractivity contribution is 5.95. The lowest BCUT2D eigenvalue weighted by atomic mass is 9.79. The van der Waals surface area contributed by atoms with E-state index in [1.807, 2.05) is 18.2 Å². The molecule has 1 aromatic carbocycles. The first-order valence-corrected chi connectivity index (χ1v) is 6.39. The number of allylic oxidation sites excluding steroid dienone is 2. The summed E-state index contributed by atoms with van der Waals surface area (Å²) in [7, 11) is 0. The Bertz CT molecular complexity index is 591. The molecule has 4 heteroatoms. The van der Waals surface area contributed by atoms with Gasteiger partial charge in [0.1, 0.15) is 6.04 Å². The van der Waals surface area contributed by atoms with Crippen molar-refractivity contribution >= 4 is 17.4 Å². The molecule has 98 valence electrons. The van der Waals surface area contributed by atoms with Crippen LogP contribution in [0.2, 0.25) is 0 Å². The molecule has 0 aromatic heterocycles. The lowest BCUT2D eigenvalue weighted by molar-refractivity contribution is -0.139. The number of rotatable bonds is 2. The molecule has 2 aliphatic rings. The number of hydrogen-bond acceptors (Lipinski definition) is 3. The highest BCUT2D eigenvalue weighted by Crippen LogP contribution is 2.44. The summed E-state index contributed by atoms with van der Waals surface area (Å²) < 4.78 is 0. The van der Waals surface area contributed by atoms with E-state index in [0.717, 1.165) is 17.7 Å². The molecule has 0 saturated heterocycles. The predicted octanol–water partition coefficient (Wildman–Crippen LogP) is 2.43. The van der Waals surface area contributed by atoms with E-state index in [4.69, 9.17) is 0 Å². The first kappa shape index (κ1) is 12.0. The second-order valence-corrected chi connectivity index (χ2v) is 5.17. The highest BCUT2D eigenvalue weighted by Gasteiger charge is 2.40. The first-order chi connectivity index (χ1) is 9.08. The second kappa shape index (κ2) is 4.23. The van der Waals surface area contributed by atoms with Gasteiger partial charge >= 0.3 is 5.97 Å². The van der Waals surface area contributed by atoms with Crippen molar-refractivity contribution in [1.29, 1.82) is 0 Å². The summed E-state index contributed by atoms with van der Waals surface area (Å²) in [6.07, 6.45) is 4.85. The van der Waals surface area contributed by atoms with Gasteiger partial charge < -0.3 is 10.4 Å². The van der Waals surface area contributed by atoms with Gasteiger partial charge in [0.05, 0.1) is 0 Å². The van der Waals surface area contributed by atoms with Gasteiger partial charge in [-0.3, -0.25) is 4.79 Å². The third kappa shape index (κ3) is 1.84. The molecule has 1 aliphatic carbocycles. The van der Waals surface area contributed by atoms with Crippen LogP contribution >= 0.6 is 0 Å². The van der Waals surface area contributed by atoms with E-state index in [1.165, 1.54) is 0 Å². The number of carbonyl (C=O) groups is 2. The Morgan fingerprint density at radius 3 is 2.84 bits per heavy atom. The average molecular weight is 257 g/mol. The van der Waals surface area contributed by atoms with Crippen LogP contribution in [0.4, 0.5) is 5.69 Å². The molecule has 0 radical (unpaired) electrons. The Labute approximate surface area is 111 Å². The van der Waals surface area contributed by atoms with Crippen molar-refractivity contribution in [2.24, 2.45) is 5.92 Å².